The quantitative estimate of drug-likeness (QED) is 0.522. The van der Waals surface area contributed by atoms with Crippen LogP contribution in [-0.4, -0.2) is 12.1 Å². The first-order chi connectivity index (χ1) is 13.7. The average Bonchev–Trinajstić information content (AvgIpc) is 2.74. The SMILES string of the molecule is Cc1ccc(COc2ccccc2/C=N\NC(=O)c2ccc(C#N)cc2)cc1. The van der Waals surface area contributed by atoms with Crippen molar-refractivity contribution < 1.29 is 9.53 Å². The van der Waals surface area contributed by atoms with Crippen molar-refractivity contribution in [1.82, 2.24) is 5.43 Å². The normalized spacial score (nSPS) is 10.4. The highest BCUT2D eigenvalue weighted by Gasteiger charge is 2.05. The summed E-state index contributed by atoms with van der Waals surface area (Å²) >= 11 is 0. The molecule has 3 rings (SSSR count). The summed E-state index contributed by atoms with van der Waals surface area (Å²) in [5, 5.41) is 12.8. The van der Waals surface area contributed by atoms with Gasteiger partial charge in [-0.1, -0.05) is 42.0 Å². The van der Waals surface area contributed by atoms with Crippen molar-refractivity contribution in [3.8, 4) is 11.8 Å². The molecule has 5 nitrogen and oxygen atoms in total. The molecule has 5 heteroatoms. The summed E-state index contributed by atoms with van der Waals surface area (Å²) in [5.41, 5.74) is 6.45. The molecule has 0 radical (unpaired) electrons. The van der Waals surface area contributed by atoms with Gasteiger partial charge in [0.15, 0.2) is 0 Å². The molecule has 3 aromatic rings. The van der Waals surface area contributed by atoms with Crippen LogP contribution in [0.5, 0.6) is 5.75 Å². The lowest BCUT2D eigenvalue weighted by molar-refractivity contribution is 0.0955. The van der Waals surface area contributed by atoms with Crippen molar-refractivity contribution in [2.45, 2.75) is 13.5 Å². The Labute approximate surface area is 163 Å². The number of rotatable bonds is 6. The largest absolute Gasteiger partial charge is 0.488 e. The molecule has 138 valence electrons. The number of nitrogens with zero attached hydrogens (tertiary/aromatic N) is 2. The van der Waals surface area contributed by atoms with Crippen LogP contribution in [0.1, 0.15) is 32.6 Å². The minimum absolute atomic E-state index is 0.348. The van der Waals surface area contributed by atoms with Gasteiger partial charge in [0.2, 0.25) is 0 Å². The Balaban J connectivity index is 1.62. The highest BCUT2D eigenvalue weighted by molar-refractivity contribution is 5.95. The van der Waals surface area contributed by atoms with E-state index in [-0.39, 0.29) is 5.91 Å². The summed E-state index contributed by atoms with van der Waals surface area (Å²) < 4.78 is 5.90. The highest BCUT2D eigenvalue weighted by Crippen LogP contribution is 2.18. The third kappa shape index (κ3) is 5.05. The molecule has 0 bridgehead atoms. The molecule has 0 saturated heterocycles. The van der Waals surface area contributed by atoms with E-state index in [1.807, 2.05) is 61.5 Å². The van der Waals surface area contributed by atoms with Crippen LogP contribution >= 0.6 is 0 Å². The zero-order valence-electron chi connectivity index (χ0n) is 15.4. The number of amides is 1. The van der Waals surface area contributed by atoms with Gasteiger partial charge in [0, 0.05) is 11.1 Å². The number of nitrogens with one attached hydrogen (secondary N) is 1. The number of hydrogen-bond acceptors (Lipinski definition) is 4. The number of ether oxygens (including phenoxy) is 1. The number of benzene rings is 3. The summed E-state index contributed by atoms with van der Waals surface area (Å²) in [6.07, 6.45) is 1.55. The Bertz CT molecular complexity index is 1020. The van der Waals surface area contributed by atoms with E-state index in [0.717, 1.165) is 11.1 Å². The van der Waals surface area contributed by atoms with Crippen LogP contribution in [0.2, 0.25) is 0 Å². The number of carbonyl (C=O) groups is 1. The molecule has 0 fully saturated rings. The Kier molecular flexibility index (Phi) is 6.17. The molecule has 0 aliphatic carbocycles. The highest BCUT2D eigenvalue weighted by atomic mass is 16.5. The molecule has 0 saturated carbocycles. The van der Waals surface area contributed by atoms with Crippen molar-refractivity contribution in [2.24, 2.45) is 5.10 Å². The smallest absolute Gasteiger partial charge is 0.271 e. The Morgan fingerprint density at radius 2 is 1.79 bits per heavy atom. The second-order valence-corrected chi connectivity index (χ2v) is 6.20. The number of hydrogen-bond donors (Lipinski definition) is 1. The van der Waals surface area contributed by atoms with Gasteiger partial charge in [0.25, 0.3) is 5.91 Å². The summed E-state index contributed by atoms with van der Waals surface area (Å²) in [7, 11) is 0. The van der Waals surface area contributed by atoms with Crippen LogP contribution in [0.25, 0.3) is 0 Å². The molecule has 0 heterocycles. The van der Waals surface area contributed by atoms with E-state index in [1.165, 1.54) is 5.56 Å². The maximum absolute atomic E-state index is 12.1. The zero-order valence-corrected chi connectivity index (χ0v) is 15.4. The number of nitriles is 1. The first kappa shape index (κ1) is 18.9. The second-order valence-electron chi connectivity index (χ2n) is 6.20. The Morgan fingerprint density at radius 1 is 1.07 bits per heavy atom. The Hall–Kier alpha value is -3.91. The van der Waals surface area contributed by atoms with E-state index in [2.05, 4.69) is 10.5 Å². The average molecular weight is 369 g/mol. The summed E-state index contributed by atoms with van der Waals surface area (Å²) in [6.45, 7) is 2.49. The fraction of sp³-hybridized carbons (Fsp3) is 0.0870. The number of hydrazone groups is 1. The maximum Gasteiger partial charge on any atom is 0.271 e. The van der Waals surface area contributed by atoms with Crippen LogP contribution in [0.3, 0.4) is 0 Å². The monoisotopic (exact) mass is 369 g/mol. The predicted molar refractivity (Wildman–Crippen MR) is 108 cm³/mol. The van der Waals surface area contributed by atoms with Gasteiger partial charge >= 0.3 is 0 Å². The van der Waals surface area contributed by atoms with E-state index in [4.69, 9.17) is 10.00 Å². The van der Waals surface area contributed by atoms with Gasteiger partial charge in [-0.15, -0.1) is 0 Å². The van der Waals surface area contributed by atoms with Crippen molar-refractivity contribution in [2.75, 3.05) is 0 Å². The number of para-hydroxylation sites is 1. The van der Waals surface area contributed by atoms with Crippen molar-refractivity contribution in [3.05, 3.63) is 101 Å². The van der Waals surface area contributed by atoms with E-state index in [1.54, 1.807) is 30.5 Å². The molecular weight excluding hydrogens is 350 g/mol. The van der Waals surface area contributed by atoms with Gasteiger partial charge in [-0.3, -0.25) is 4.79 Å². The minimum Gasteiger partial charge on any atom is -0.488 e. The molecule has 0 aliphatic rings. The number of aryl methyl sites for hydroxylation is 1. The van der Waals surface area contributed by atoms with Gasteiger partial charge < -0.3 is 4.74 Å². The first-order valence-corrected chi connectivity index (χ1v) is 8.76. The van der Waals surface area contributed by atoms with Crippen molar-refractivity contribution in [1.29, 1.82) is 5.26 Å². The van der Waals surface area contributed by atoms with E-state index in [9.17, 15) is 4.79 Å². The predicted octanol–water partition coefficient (Wildman–Crippen LogP) is 4.21. The summed E-state index contributed by atoms with van der Waals surface area (Å²) in [4.78, 5) is 12.1. The zero-order chi connectivity index (χ0) is 19.8. The van der Waals surface area contributed by atoms with E-state index < -0.39 is 0 Å². The molecule has 1 amide bonds. The van der Waals surface area contributed by atoms with Gasteiger partial charge in [-0.25, -0.2) is 5.43 Å². The first-order valence-electron chi connectivity index (χ1n) is 8.76. The summed E-state index contributed by atoms with van der Waals surface area (Å²) in [5.74, 6) is 0.332. The van der Waals surface area contributed by atoms with Crippen molar-refractivity contribution in [3.63, 3.8) is 0 Å². The van der Waals surface area contributed by atoms with Crippen LogP contribution in [0, 0.1) is 18.3 Å². The van der Waals surface area contributed by atoms with Crippen LogP contribution in [0.15, 0.2) is 77.9 Å². The van der Waals surface area contributed by atoms with Gasteiger partial charge in [-0.2, -0.15) is 10.4 Å². The third-order valence-electron chi connectivity index (χ3n) is 4.08. The molecular formula is C23H19N3O2. The standard InChI is InChI=1S/C23H19N3O2/c1-17-6-8-19(9-7-17)16-28-22-5-3-2-4-21(22)15-25-26-23(27)20-12-10-18(14-24)11-13-20/h2-13,15H,16H2,1H3,(H,26,27)/b25-15-. The molecule has 3 aromatic carbocycles. The third-order valence-corrected chi connectivity index (χ3v) is 4.08. The minimum atomic E-state index is -0.348. The Morgan fingerprint density at radius 3 is 2.50 bits per heavy atom. The van der Waals surface area contributed by atoms with Crippen molar-refractivity contribution >= 4 is 12.1 Å². The second kappa shape index (κ2) is 9.15. The summed E-state index contributed by atoms with van der Waals surface area (Å²) in [6, 6.07) is 24.0. The molecule has 1 N–H and O–H groups in total. The van der Waals surface area contributed by atoms with Crippen LogP contribution in [-0.2, 0) is 6.61 Å². The van der Waals surface area contributed by atoms with E-state index >= 15 is 0 Å². The molecule has 0 aromatic heterocycles. The maximum atomic E-state index is 12.1. The van der Waals surface area contributed by atoms with Crippen LogP contribution < -0.4 is 10.2 Å². The van der Waals surface area contributed by atoms with Gasteiger partial charge in [0.05, 0.1) is 17.8 Å². The topological polar surface area (TPSA) is 74.5 Å². The van der Waals surface area contributed by atoms with Gasteiger partial charge in [0.1, 0.15) is 12.4 Å². The fourth-order valence-corrected chi connectivity index (χ4v) is 2.49. The molecule has 0 unspecified atom stereocenters. The molecule has 28 heavy (non-hydrogen) atoms. The molecule has 0 spiro atoms. The number of carbonyl (C=O) groups excluding carboxylic acids is 1. The lowest BCUT2D eigenvalue weighted by Crippen LogP contribution is -2.17. The van der Waals surface area contributed by atoms with E-state index in [0.29, 0.717) is 23.5 Å². The molecule has 0 aliphatic heterocycles. The fourth-order valence-electron chi connectivity index (χ4n) is 2.49. The lowest BCUT2D eigenvalue weighted by Gasteiger charge is -2.09. The molecule has 0 atom stereocenters. The van der Waals surface area contributed by atoms with Crippen LogP contribution in [0.4, 0.5) is 0 Å². The lowest BCUT2D eigenvalue weighted by atomic mass is 10.1. The van der Waals surface area contributed by atoms with Gasteiger partial charge in [-0.05, 0) is 48.9 Å².